The molecule has 7 nitrogen and oxygen atoms in total. The number of fused-ring (bicyclic) bond motifs is 1. The monoisotopic (exact) mass is 311 g/mol. The zero-order chi connectivity index (χ0) is 16.2. The molecule has 0 spiro atoms. The molecule has 0 saturated heterocycles. The van der Waals surface area contributed by atoms with Crippen LogP contribution < -0.4 is 5.32 Å². The Kier molecular flexibility index (Phi) is 3.92. The quantitative estimate of drug-likeness (QED) is 0.773. The summed E-state index contributed by atoms with van der Waals surface area (Å²) in [4.78, 5) is 27.2. The number of aromatic nitrogens is 2. The third-order valence-electron chi connectivity index (χ3n) is 3.17. The first kappa shape index (κ1) is 14.6. The van der Waals surface area contributed by atoms with Gasteiger partial charge in [0.2, 0.25) is 0 Å². The van der Waals surface area contributed by atoms with E-state index in [-0.39, 0.29) is 18.1 Å². The summed E-state index contributed by atoms with van der Waals surface area (Å²) in [5.41, 5.74) is 1.01. The van der Waals surface area contributed by atoms with Crippen LogP contribution in [0.5, 0.6) is 0 Å². The fraction of sp³-hybridized carbons (Fsp3) is 0.0625. The first-order chi connectivity index (χ1) is 11.1. The fourth-order valence-corrected chi connectivity index (χ4v) is 2.12. The number of carboxylic acids is 1. The van der Waals surface area contributed by atoms with E-state index in [1.165, 1.54) is 4.40 Å². The third-order valence-corrected chi connectivity index (χ3v) is 3.17. The predicted molar refractivity (Wildman–Crippen MR) is 82.4 cm³/mol. The van der Waals surface area contributed by atoms with Crippen LogP contribution in [-0.4, -0.2) is 26.6 Å². The summed E-state index contributed by atoms with van der Waals surface area (Å²) in [5.74, 6) is -1.17. The minimum absolute atomic E-state index is 0.0613. The number of hydrogen-bond donors (Lipinski definition) is 2. The number of nitrogens with zero attached hydrogens (tertiary/aromatic N) is 2. The number of carboxylic acid groups (broad SMARTS) is 1. The van der Waals surface area contributed by atoms with Crippen LogP contribution in [0.4, 0.5) is 10.6 Å². The first-order valence-corrected chi connectivity index (χ1v) is 6.83. The maximum atomic E-state index is 11.9. The van der Waals surface area contributed by atoms with E-state index in [1.54, 1.807) is 24.4 Å². The van der Waals surface area contributed by atoms with Crippen molar-refractivity contribution < 1.29 is 19.4 Å². The number of benzene rings is 1. The average molecular weight is 311 g/mol. The summed E-state index contributed by atoms with van der Waals surface area (Å²) in [7, 11) is 0. The molecule has 0 atom stereocenters. The molecular formula is C16H13N3O4. The maximum Gasteiger partial charge on any atom is 0.413 e. The van der Waals surface area contributed by atoms with Crippen LogP contribution in [0, 0.1) is 0 Å². The Hall–Kier alpha value is -3.35. The van der Waals surface area contributed by atoms with Gasteiger partial charge in [-0.15, -0.1) is 0 Å². The molecule has 0 aliphatic carbocycles. The molecule has 0 saturated carbocycles. The number of pyridine rings is 1. The van der Waals surface area contributed by atoms with Crippen LogP contribution in [0.25, 0.3) is 5.65 Å². The van der Waals surface area contributed by atoms with Crippen molar-refractivity contribution in [3.05, 3.63) is 66.0 Å². The standard InChI is InChI=1S/C16H13N3O4/c20-15(21)13-14(19-9-5-4-8-12(19)17-13)18-16(22)23-10-11-6-2-1-3-7-11/h1-9H,10H2,(H,18,22)(H,20,21). The molecule has 2 N–H and O–H groups in total. The molecule has 0 aliphatic heterocycles. The highest BCUT2D eigenvalue weighted by Gasteiger charge is 2.20. The lowest BCUT2D eigenvalue weighted by molar-refractivity contribution is 0.0692. The number of hydrogen-bond acceptors (Lipinski definition) is 4. The Morgan fingerprint density at radius 2 is 1.87 bits per heavy atom. The number of ether oxygens (including phenoxy) is 1. The number of rotatable bonds is 4. The Balaban J connectivity index is 1.79. The van der Waals surface area contributed by atoms with Crippen molar-refractivity contribution in [1.82, 2.24) is 9.38 Å². The molecule has 7 heteroatoms. The fourth-order valence-electron chi connectivity index (χ4n) is 2.12. The van der Waals surface area contributed by atoms with Gasteiger partial charge in [-0.2, -0.15) is 0 Å². The van der Waals surface area contributed by atoms with E-state index in [9.17, 15) is 14.7 Å². The van der Waals surface area contributed by atoms with Gasteiger partial charge < -0.3 is 9.84 Å². The molecule has 3 rings (SSSR count). The SMILES string of the molecule is O=C(Nc1c(C(=O)O)nc2ccccn12)OCc1ccccc1. The maximum absolute atomic E-state index is 11.9. The summed E-state index contributed by atoms with van der Waals surface area (Å²) in [5, 5.41) is 11.7. The van der Waals surface area contributed by atoms with Gasteiger partial charge in [-0.05, 0) is 17.7 Å². The van der Waals surface area contributed by atoms with Crippen LogP contribution in [0.1, 0.15) is 16.1 Å². The largest absolute Gasteiger partial charge is 0.476 e. The van der Waals surface area contributed by atoms with Crippen molar-refractivity contribution in [3.63, 3.8) is 0 Å². The molecule has 2 aromatic heterocycles. The lowest BCUT2D eigenvalue weighted by Crippen LogP contribution is -2.17. The molecule has 23 heavy (non-hydrogen) atoms. The molecular weight excluding hydrogens is 298 g/mol. The Labute approximate surface area is 131 Å². The van der Waals surface area contributed by atoms with E-state index in [0.29, 0.717) is 5.65 Å². The van der Waals surface area contributed by atoms with Crippen LogP contribution in [0.15, 0.2) is 54.7 Å². The van der Waals surface area contributed by atoms with Gasteiger partial charge in [0.05, 0.1) is 0 Å². The van der Waals surface area contributed by atoms with E-state index in [1.807, 2.05) is 30.3 Å². The Morgan fingerprint density at radius 1 is 1.13 bits per heavy atom. The second kappa shape index (κ2) is 6.18. The molecule has 116 valence electrons. The second-order valence-electron chi connectivity index (χ2n) is 4.73. The number of carbonyl (C=O) groups is 2. The van der Waals surface area contributed by atoms with Crippen LogP contribution in [-0.2, 0) is 11.3 Å². The van der Waals surface area contributed by atoms with Gasteiger partial charge >= 0.3 is 12.1 Å². The first-order valence-electron chi connectivity index (χ1n) is 6.83. The van der Waals surface area contributed by atoms with Gasteiger partial charge in [0.1, 0.15) is 12.3 Å². The predicted octanol–water partition coefficient (Wildman–Crippen LogP) is 2.78. The zero-order valence-corrected chi connectivity index (χ0v) is 12.0. The minimum atomic E-state index is -1.23. The molecule has 3 aromatic rings. The van der Waals surface area contributed by atoms with Crippen molar-refractivity contribution in [2.24, 2.45) is 0 Å². The Bertz CT molecular complexity index is 858. The summed E-state index contributed by atoms with van der Waals surface area (Å²) in [6, 6.07) is 14.3. The van der Waals surface area contributed by atoms with Gasteiger partial charge in [-0.1, -0.05) is 36.4 Å². The molecule has 0 bridgehead atoms. The van der Waals surface area contributed by atoms with Crippen molar-refractivity contribution in [1.29, 1.82) is 0 Å². The second-order valence-corrected chi connectivity index (χ2v) is 4.73. The van der Waals surface area contributed by atoms with E-state index in [2.05, 4.69) is 10.3 Å². The lowest BCUT2D eigenvalue weighted by Gasteiger charge is -2.07. The summed E-state index contributed by atoms with van der Waals surface area (Å²) in [6.07, 6.45) is 0.865. The Morgan fingerprint density at radius 3 is 2.61 bits per heavy atom. The molecule has 0 unspecified atom stereocenters. The van der Waals surface area contributed by atoms with Gasteiger partial charge in [-0.3, -0.25) is 9.72 Å². The van der Waals surface area contributed by atoms with E-state index in [4.69, 9.17) is 4.74 Å². The number of aromatic carboxylic acids is 1. The van der Waals surface area contributed by atoms with E-state index >= 15 is 0 Å². The number of anilines is 1. The smallest absolute Gasteiger partial charge is 0.413 e. The van der Waals surface area contributed by atoms with Crippen LogP contribution in [0.2, 0.25) is 0 Å². The molecule has 2 heterocycles. The third kappa shape index (κ3) is 3.13. The molecule has 1 aromatic carbocycles. The summed E-state index contributed by atoms with van der Waals surface area (Å²) < 4.78 is 6.58. The van der Waals surface area contributed by atoms with Gasteiger partial charge in [-0.25, -0.2) is 14.6 Å². The van der Waals surface area contributed by atoms with Crippen molar-refractivity contribution in [2.75, 3.05) is 5.32 Å². The van der Waals surface area contributed by atoms with Gasteiger partial charge in [0, 0.05) is 6.20 Å². The van der Waals surface area contributed by atoms with Crippen molar-refractivity contribution >= 4 is 23.5 Å². The normalized spacial score (nSPS) is 10.4. The molecule has 0 aliphatic rings. The molecule has 0 radical (unpaired) electrons. The van der Waals surface area contributed by atoms with E-state index < -0.39 is 12.1 Å². The van der Waals surface area contributed by atoms with Crippen LogP contribution >= 0.6 is 0 Å². The van der Waals surface area contributed by atoms with Gasteiger partial charge in [0.25, 0.3) is 0 Å². The lowest BCUT2D eigenvalue weighted by atomic mass is 10.2. The average Bonchev–Trinajstić information content (AvgIpc) is 2.93. The van der Waals surface area contributed by atoms with Crippen molar-refractivity contribution in [2.45, 2.75) is 6.61 Å². The van der Waals surface area contributed by atoms with Crippen LogP contribution in [0.3, 0.4) is 0 Å². The highest BCUT2D eigenvalue weighted by atomic mass is 16.5. The minimum Gasteiger partial charge on any atom is -0.476 e. The highest BCUT2D eigenvalue weighted by Crippen LogP contribution is 2.18. The number of amides is 1. The number of carbonyl (C=O) groups excluding carboxylic acids is 1. The summed E-state index contributed by atoms with van der Waals surface area (Å²) >= 11 is 0. The molecule has 0 fully saturated rings. The zero-order valence-electron chi connectivity index (χ0n) is 12.0. The topological polar surface area (TPSA) is 92.9 Å². The van der Waals surface area contributed by atoms with Crippen molar-refractivity contribution in [3.8, 4) is 0 Å². The highest BCUT2D eigenvalue weighted by molar-refractivity contribution is 5.97. The van der Waals surface area contributed by atoms with E-state index in [0.717, 1.165) is 5.56 Å². The number of nitrogens with one attached hydrogen (secondary N) is 1. The van der Waals surface area contributed by atoms with Gasteiger partial charge in [0.15, 0.2) is 11.5 Å². The number of imidazole rings is 1. The molecule has 1 amide bonds. The summed E-state index contributed by atoms with van der Waals surface area (Å²) in [6.45, 7) is 0.0891.